The van der Waals surface area contributed by atoms with Crippen molar-refractivity contribution in [3.8, 4) is 5.75 Å². The second-order valence-electron chi connectivity index (χ2n) is 2.54. The summed E-state index contributed by atoms with van der Waals surface area (Å²) in [6.07, 6.45) is 3.65. The van der Waals surface area contributed by atoms with Gasteiger partial charge in [0.2, 0.25) is 0 Å². The van der Waals surface area contributed by atoms with E-state index in [-0.39, 0.29) is 11.6 Å². The number of hydrogen-bond donors (Lipinski definition) is 1. The zero-order valence-corrected chi connectivity index (χ0v) is 9.89. The van der Waals surface area contributed by atoms with E-state index in [4.69, 9.17) is 4.74 Å². The lowest BCUT2D eigenvalue weighted by molar-refractivity contribution is 0.341. The van der Waals surface area contributed by atoms with Crippen LogP contribution in [0.15, 0.2) is 34.8 Å². The van der Waals surface area contributed by atoms with E-state index in [0.29, 0.717) is 12.4 Å². The van der Waals surface area contributed by atoms with Crippen LogP contribution in [0.3, 0.4) is 0 Å². The molecule has 1 aromatic carbocycles. The van der Waals surface area contributed by atoms with Gasteiger partial charge in [-0.1, -0.05) is 28.1 Å². The molecule has 0 amide bonds. The summed E-state index contributed by atoms with van der Waals surface area (Å²) in [5, 5.41) is 0. The van der Waals surface area contributed by atoms with Gasteiger partial charge < -0.3 is 4.74 Å². The Morgan fingerprint density at radius 3 is 2.93 bits per heavy atom. The van der Waals surface area contributed by atoms with E-state index >= 15 is 0 Å². The third-order valence-corrected chi connectivity index (χ3v) is 2.20. The molecule has 0 atom stereocenters. The van der Waals surface area contributed by atoms with Gasteiger partial charge in [0.15, 0.2) is 11.6 Å². The summed E-state index contributed by atoms with van der Waals surface area (Å²) in [4.78, 5) is 0. The van der Waals surface area contributed by atoms with Crippen molar-refractivity contribution in [2.45, 2.75) is 0 Å². The fourth-order valence-corrected chi connectivity index (χ4v) is 1.36. The number of rotatable bonds is 4. The Hall–Kier alpha value is -0.480. The van der Waals surface area contributed by atoms with Gasteiger partial charge in [-0.3, -0.25) is 0 Å². The molecule has 0 aliphatic rings. The van der Waals surface area contributed by atoms with E-state index in [1.165, 1.54) is 6.07 Å². The average molecular weight is 277 g/mol. The Balaban J connectivity index is 2.57. The highest BCUT2D eigenvalue weighted by molar-refractivity contribution is 9.10. The number of ether oxygens (including phenoxy) is 1. The van der Waals surface area contributed by atoms with Crippen LogP contribution in [-0.4, -0.2) is 12.4 Å². The SMILES string of the molecule is Fc1ccc(Br)cc1OC/C=C/CS. The zero-order chi connectivity index (χ0) is 10.4. The fourth-order valence-electron chi connectivity index (χ4n) is 0.868. The first-order valence-electron chi connectivity index (χ1n) is 4.07. The molecule has 0 spiro atoms. The summed E-state index contributed by atoms with van der Waals surface area (Å²) in [6.45, 7) is 0.355. The van der Waals surface area contributed by atoms with E-state index in [1.54, 1.807) is 18.2 Å². The molecule has 0 N–H and O–H groups in total. The number of halogens is 2. The second kappa shape index (κ2) is 6.09. The maximum Gasteiger partial charge on any atom is 0.165 e. The topological polar surface area (TPSA) is 9.23 Å². The highest BCUT2D eigenvalue weighted by atomic mass is 79.9. The summed E-state index contributed by atoms with van der Waals surface area (Å²) >= 11 is 7.24. The van der Waals surface area contributed by atoms with Gasteiger partial charge in [-0.05, 0) is 18.2 Å². The molecule has 0 aliphatic heterocycles. The minimum Gasteiger partial charge on any atom is -0.486 e. The Morgan fingerprint density at radius 1 is 1.43 bits per heavy atom. The Kier molecular flexibility index (Phi) is 5.04. The van der Waals surface area contributed by atoms with Gasteiger partial charge in [0.1, 0.15) is 6.61 Å². The summed E-state index contributed by atoms with van der Waals surface area (Å²) in [5.74, 6) is 0.556. The molecule has 0 unspecified atom stereocenters. The highest BCUT2D eigenvalue weighted by Crippen LogP contribution is 2.21. The van der Waals surface area contributed by atoms with Crippen LogP contribution in [0.2, 0.25) is 0 Å². The molecule has 0 saturated heterocycles. The largest absolute Gasteiger partial charge is 0.486 e. The van der Waals surface area contributed by atoms with Gasteiger partial charge in [-0.15, -0.1) is 0 Å². The first-order valence-corrected chi connectivity index (χ1v) is 5.50. The number of hydrogen-bond acceptors (Lipinski definition) is 2. The molecule has 1 nitrogen and oxygen atoms in total. The van der Waals surface area contributed by atoms with Crippen LogP contribution in [0.4, 0.5) is 4.39 Å². The first kappa shape index (κ1) is 11.6. The molecule has 4 heteroatoms. The van der Waals surface area contributed by atoms with Gasteiger partial charge in [0, 0.05) is 10.2 Å². The standard InChI is InChI=1S/C10H10BrFOS/c11-8-3-4-9(12)10(7-8)13-5-1-2-6-14/h1-4,7,14H,5-6H2/b2-1+. The van der Waals surface area contributed by atoms with Crippen LogP contribution < -0.4 is 4.74 Å². The average Bonchev–Trinajstić information content (AvgIpc) is 2.18. The minimum absolute atomic E-state index is 0.253. The van der Waals surface area contributed by atoms with Crippen LogP contribution in [0.25, 0.3) is 0 Å². The summed E-state index contributed by atoms with van der Waals surface area (Å²) < 4.78 is 19.1. The number of thiol groups is 1. The first-order chi connectivity index (χ1) is 6.74. The van der Waals surface area contributed by atoms with Crippen molar-refractivity contribution in [2.75, 3.05) is 12.4 Å². The highest BCUT2D eigenvalue weighted by Gasteiger charge is 2.02. The molecular weight excluding hydrogens is 267 g/mol. The lowest BCUT2D eigenvalue weighted by atomic mass is 10.3. The third kappa shape index (κ3) is 3.72. The van der Waals surface area contributed by atoms with Crippen molar-refractivity contribution in [2.24, 2.45) is 0 Å². The summed E-state index contributed by atoms with van der Waals surface area (Å²) in [7, 11) is 0. The number of benzene rings is 1. The van der Waals surface area contributed by atoms with Crippen LogP contribution >= 0.6 is 28.6 Å². The normalized spacial score (nSPS) is 10.8. The monoisotopic (exact) mass is 276 g/mol. The Morgan fingerprint density at radius 2 is 2.21 bits per heavy atom. The minimum atomic E-state index is -0.354. The van der Waals surface area contributed by atoms with E-state index in [9.17, 15) is 4.39 Å². The van der Waals surface area contributed by atoms with Crippen molar-refractivity contribution >= 4 is 28.6 Å². The molecule has 0 saturated carbocycles. The van der Waals surface area contributed by atoms with Crippen molar-refractivity contribution < 1.29 is 9.13 Å². The van der Waals surface area contributed by atoms with Crippen LogP contribution in [0, 0.1) is 5.82 Å². The molecule has 1 aromatic rings. The molecular formula is C10H10BrFOS. The third-order valence-electron chi connectivity index (χ3n) is 1.50. The van der Waals surface area contributed by atoms with Crippen LogP contribution in [0.1, 0.15) is 0 Å². The smallest absolute Gasteiger partial charge is 0.165 e. The molecule has 0 fully saturated rings. The molecule has 0 aromatic heterocycles. The Labute approximate surface area is 96.5 Å². The predicted molar refractivity (Wildman–Crippen MR) is 62.6 cm³/mol. The molecule has 14 heavy (non-hydrogen) atoms. The molecule has 0 heterocycles. The molecule has 0 radical (unpaired) electrons. The van der Waals surface area contributed by atoms with E-state index in [2.05, 4.69) is 28.6 Å². The van der Waals surface area contributed by atoms with Crippen molar-refractivity contribution in [3.05, 3.63) is 40.6 Å². The van der Waals surface area contributed by atoms with E-state index in [0.717, 1.165) is 4.47 Å². The van der Waals surface area contributed by atoms with Gasteiger partial charge in [-0.25, -0.2) is 4.39 Å². The predicted octanol–water partition coefficient (Wildman–Crippen LogP) is 3.45. The van der Waals surface area contributed by atoms with Crippen molar-refractivity contribution in [3.63, 3.8) is 0 Å². The maximum absolute atomic E-state index is 13.1. The van der Waals surface area contributed by atoms with E-state index < -0.39 is 0 Å². The van der Waals surface area contributed by atoms with Crippen molar-refractivity contribution in [1.82, 2.24) is 0 Å². The second-order valence-corrected chi connectivity index (χ2v) is 3.82. The summed E-state index contributed by atoms with van der Waals surface area (Å²) in [5.41, 5.74) is 0. The lowest BCUT2D eigenvalue weighted by Gasteiger charge is -2.04. The van der Waals surface area contributed by atoms with Gasteiger partial charge >= 0.3 is 0 Å². The van der Waals surface area contributed by atoms with Crippen LogP contribution in [0.5, 0.6) is 5.75 Å². The molecule has 0 bridgehead atoms. The fraction of sp³-hybridized carbons (Fsp3) is 0.200. The maximum atomic E-state index is 13.1. The van der Waals surface area contributed by atoms with Gasteiger partial charge in [0.05, 0.1) is 0 Å². The Bertz CT molecular complexity index is 328. The quantitative estimate of drug-likeness (QED) is 0.655. The van der Waals surface area contributed by atoms with E-state index in [1.807, 2.05) is 6.08 Å². The lowest BCUT2D eigenvalue weighted by Crippen LogP contribution is -1.95. The molecule has 1 rings (SSSR count). The van der Waals surface area contributed by atoms with Crippen molar-refractivity contribution in [1.29, 1.82) is 0 Å². The van der Waals surface area contributed by atoms with Gasteiger partial charge in [-0.2, -0.15) is 12.6 Å². The zero-order valence-electron chi connectivity index (χ0n) is 7.41. The summed E-state index contributed by atoms with van der Waals surface area (Å²) in [6, 6.07) is 4.59. The van der Waals surface area contributed by atoms with Crippen LogP contribution in [-0.2, 0) is 0 Å². The molecule has 0 aliphatic carbocycles. The molecule has 76 valence electrons. The van der Waals surface area contributed by atoms with Gasteiger partial charge in [0.25, 0.3) is 0 Å².